The predicted molar refractivity (Wildman–Crippen MR) is 71.3 cm³/mol. The Bertz CT molecular complexity index is 296. The zero-order valence-electron chi connectivity index (χ0n) is 10.9. The number of likely N-dealkylation sites (N-methyl/N-ethyl adjacent to an activating group) is 1. The van der Waals surface area contributed by atoms with Gasteiger partial charge in [-0.3, -0.25) is 0 Å². The second-order valence-electron chi connectivity index (χ2n) is 5.14. The third-order valence-electron chi connectivity index (χ3n) is 3.91. The summed E-state index contributed by atoms with van der Waals surface area (Å²) < 4.78 is 0. The lowest BCUT2D eigenvalue weighted by molar-refractivity contribution is 0.332. The second-order valence-corrected chi connectivity index (χ2v) is 5.14. The van der Waals surface area contributed by atoms with Crippen LogP contribution < -0.4 is 5.73 Å². The van der Waals surface area contributed by atoms with Crippen molar-refractivity contribution in [2.75, 3.05) is 14.1 Å². The number of hydrogen-bond donors (Lipinski definition) is 1. The van der Waals surface area contributed by atoms with Gasteiger partial charge in [0.05, 0.1) is 7.85 Å². The molecule has 0 spiro atoms. The van der Waals surface area contributed by atoms with E-state index in [4.69, 9.17) is 13.6 Å². The smallest absolute Gasteiger partial charge is 0.0768 e. The first kappa shape index (κ1) is 13.4. The Morgan fingerprint density at radius 3 is 2.50 bits per heavy atom. The Hall–Kier alpha value is -0.695. The highest BCUT2D eigenvalue weighted by molar-refractivity contribution is 6.14. The molecule has 0 aliphatic heterocycles. The molecule has 0 bridgehead atoms. The molecular weight excluding hydrogens is 195 g/mol. The van der Waals surface area contributed by atoms with Crippen LogP contribution in [0.1, 0.15) is 20.3 Å². The summed E-state index contributed by atoms with van der Waals surface area (Å²) in [6, 6.07) is 0.202. The molecule has 0 amide bonds. The molecule has 0 saturated heterocycles. The fraction of sp³-hybridized carbons (Fsp3) is 0.692. The van der Waals surface area contributed by atoms with Crippen LogP contribution in [-0.2, 0) is 0 Å². The largest absolute Gasteiger partial charge is 0.378 e. The minimum absolute atomic E-state index is 0.0402. The molecule has 2 nitrogen and oxygen atoms in total. The van der Waals surface area contributed by atoms with Gasteiger partial charge in [0.2, 0.25) is 0 Å². The average molecular weight is 218 g/mol. The lowest BCUT2D eigenvalue weighted by Crippen LogP contribution is -2.32. The van der Waals surface area contributed by atoms with Crippen LogP contribution in [0.4, 0.5) is 0 Å². The van der Waals surface area contributed by atoms with Crippen LogP contribution >= 0.6 is 0 Å². The van der Waals surface area contributed by atoms with Gasteiger partial charge in [-0.25, -0.2) is 0 Å². The highest BCUT2D eigenvalue weighted by Crippen LogP contribution is 2.38. The minimum Gasteiger partial charge on any atom is -0.378 e. The van der Waals surface area contributed by atoms with Gasteiger partial charge < -0.3 is 10.6 Å². The Labute approximate surface area is 101 Å². The Balaban J connectivity index is 2.97. The fourth-order valence-corrected chi connectivity index (χ4v) is 2.18. The maximum Gasteiger partial charge on any atom is 0.0768 e. The number of allylic oxidation sites excluding steroid dienone is 1. The Morgan fingerprint density at radius 2 is 2.00 bits per heavy atom. The van der Waals surface area contributed by atoms with E-state index in [1.807, 2.05) is 19.0 Å². The molecule has 1 aliphatic rings. The lowest BCUT2D eigenvalue weighted by Gasteiger charge is -2.30. The number of hydrogen-bond acceptors (Lipinski definition) is 2. The van der Waals surface area contributed by atoms with Crippen LogP contribution in [0.25, 0.3) is 0 Å². The monoisotopic (exact) mass is 218 g/mol. The molecule has 16 heavy (non-hydrogen) atoms. The third kappa shape index (κ3) is 2.51. The summed E-state index contributed by atoms with van der Waals surface area (Å²) in [5.74, 6) is 0.873. The van der Waals surface area contributed by atoms with Gasteiger partial charge in [-0.1, -0.05) is 26.5 Å². The molecule has 0 aromatic carbocycles. The Morgan fingerprint density at radius 1 is 1.44 bits per heavy atom. The van der Waals surface area contributed by atoms with Gasteiger partial charge in [-0.15, -0.1) is 0 Å². The molecule has 1 rings (SSSR count). The molecule has 3 heteroatoms. The molecule has 2 N–H and O–H groups in total. The van der Waals surface area contributed by atoms with Crippen LogP contribution in [0.2, 0.25) is 5.82 Å². The van der Waals surface area contributed by atoms with Crippen molar-refractivity contribution in [3.05, 3.63) is 23.9 Å². The van der Waals surface area contributed by atoms with Crippen molar-refractivity contribution in [3.63, 3.8) is 0 Å². The second kappa shape index (κ2) is 5.09. The van der Waals surface area contributed by atoms with Crippen molar-refractivity contribution >= 4 is 7.85 Å². The van der Waals surface area contributed by atoms with E-state index in [1.54, 1.807) is 0 Å². The van der Waals surface area contributed by atoms with Crippen molar-refractivity contribution < 1.29 is 0 Å². The summed E-state index contributed by atoms with van der Waals surface area (Å²) in [7, 11) is 10.3. The quantitative estimate of drug-likeness (QED) is 0.718. The van der Waals surface area contributed by atoms with Gasteiger partial charge in [0.1, 0.15) is 0 Å². The zero-order valence-corrected chi connectivity index (χ0v) is 10.9. The highest BCUT2D eigenvalue weighted by atomic mass is 15.1. The summed E-state index contributed by atoms with van der Waals surface area (Å²) in [4.78, 5) is 2.01. The molecule has 2 radical (unpaired) electrons. The van der Waals surface area contributed by atoms with Gasteiger partial charge >= 0.3 is 0 Å². The zero-order chi connectivity index (χ0) is 12.5. The van der Waals surface area contributed by atoms with Crippen molar-refractivity contribution in [1.82, 2.24) is 4.90 Å². The normalized spacial score (nSPS) is 35.2. The molecule has 0 heterocycles. The first-order chi connectivity index (χ1) is 7.36. The van der Waals surface area contributed by atoms with Gasteiger partial charge in [-0.2, -0.15) is 0 Å². The van der Waals surface area contributed by atoms with Crippen LogP contribution in [0.3, 0.4) is 0 Å². The SMILES string of the molecule is [B]C1C(C(=C)N(C)C)=CCC(N)C(C)C1C. The van der Waals surface area contributed by atoms with Gasteiger partial charge in [-0.05, 0) is 29.6 Å². The standard InChI is InChI=1S/C13H23BN2/c1-8-9(2)13(14)11(6-7-12(8)15)10(3)16(4)5/h6,8-9,12-13H,3,7,15H2,1-2,4-5H3. The maximum atomic E-state index is 6.30. The molecule has 0 fully saturated rings. The van der Waals surface area contributed by atoms with Gasteiger partial charge in [0.25, 0.3) is 0 Å². The lowest BCUT2D eigenvalue weighted by atomic mass is 9.67. The number of nitrogens with zero attached hydrogens (tertiary/aromatic N) is 1. The fourth-order valence-electron chi connectivity index (χ4n) is 2.18. The highest BCUT2D eigenvalue weighted by Gasteiger charge is 2.29. The van der Waals surface area contributed by atoms with Crippen LogP contribution in [0.15, 0.2) is 23.9 Å². The van der Waals surface area contributed by atoms with Crippen LogP contribution in [0, 0.1) is 11.8 Å². The molecule has 1 aliphatic carbocycles. The van der Waals surface area contributed by atoms with E-state index in [1.165, 1.54) is 0 Å². The molecule has 0 aromatic heterocycles. The molecular formula is C13H23BN2. The Kier molecular flexibility index (Phi) is 4.25. The third-order valence-corrected chi connectivity index (χ3v) is 3.91. The first-order valence-corrected chi connectivity index (χ1v) is 5.94. The minimum atomic E-state index is 0.0402. The molecule has 0 saturated carbocycles. The molecule has 0 aromatic rings. The van der Waals surface area contributed by atoms with E-state index in [-0.39, 0.29) is 11.9 Å². The molecule has 4 atom stereocenters. The summed E-state index contributed by atoms with van der Waals surface area (Å²) >= 11 is 0. The van der Waals surface area contributed by atoms with Gasteiger partial charge in [0.15, 0.2) is 0 Å². The molecule has 4 unspecified atom stereocenters. The number of rotatable bonds is 2. The summed E-state index contributed by atoms with van der Waals surface area (Å²) in [5.41, 5.74) is 8.28. The van der Waals surface area contributed by atoms with Crippen molar-refractivity contribution in [2.45, 2.75) is 32.1 Å². The van der Waals surface area contributed by atoms with E-state index in [2.05, 4.69) is 26.5 Å². The van der Waals surface area contributed by atoms with Crippen LogP contribution in [0.5, 0.6) is 0 Å². The topological polar surface area (TPSA) is 29.3 Å². The summed E-state index contributed by atoms with van der Waals surface area (Å²) in [5, 5.41) is 0. The van der Waals surface area contributed by atoms with Gasteiger partial charge in [0, 0.05) is 25.8 Å². The first-order valence-electron chi connectivity index (χ1n) is 5.94. The van der Waals surface area contributed by atoms with E-state index in [9.17, 15) is 0 Å². The van der Waals surface area contributed by atoms with E-state index >= 15 is 0 Å². The molecule has 88 valence electrons. The maximum absolute atomic E-state index is 6.30. The van der Waals surface area contributed by atoms with Crippen molar-refractivity contribution in [1.29, 1.82) is 0 Å². The van der Waals surface area contributed by atoms with E-state index in [0.29, 0.717) is 11.8 Å². The van der Waals surface area contributed by atoms with Crippen LogP contribution in [-0.4, -0.2) is 32.9 Å². The number of nitrogens with two attached hydrogens (primary N) is 1. The summed E-state index contributed by atoms with van der Waals surface area (Å²) in [6.07, 6.45) is 3.05. The summed E-state index contributed by atoms with van der Waals surface area (Å²) in [6.45, 7) is 8.45. The van der Waals surface area contributed by atoms with E-state index < -0.39 is 0 Å². The van der Waals surface area contributed by atoms with E-state index in [0.717, 1.165) is 17.7 Å². The average Bonchev–Trinajstić information content (AvgIpc) is 2.33. The van der Waals surface area contributed by atoms with Crippen molar-refractivity contribution in [2.24, 2.45) is 17.6 Å². The predicted octanol–water partition coefficient (Wildman–Crippen LogP) is 1.95. The van der Waals surface area contributed by atoms with Crippen molar-refractivity contribution in [3.8, 4) is 0 Å².